The van der Waals surface area contributed by atoms with E-state index in [1.54, 1.807) is 6.92 Å². The molecule has 0 saturated heterocycles. The number of hydrogen-bond acceptors (Lipinski definition) is 6. The zero-order valence-electron chi connectivity index (χ0n) is 11.0. The number of carbonyl (C=O) groups excluding carboxylic acids is 2. The van der Waals surface area contributed by atoms with Crippen LogP contribution < -0.4 is 5.32 Å². The molecule has 9 heteroatoms. The fourth-order valence-corrected chi connectivity index (χ4v) is 1.64. The van der Waals surface area contributed by atoms with Crippen LogP contribution in [0.3, 0.4) is 0 Å². The number of benzene rings is 1. The van der Waals surface area contributed by atoms with Crippen molar-refractivity contribution in [2.75, 3.05) is 5.32 Å². The lowest BCUT2D eigenvalue weighted by Gasteiger charge is -2.05. The zero-order chi connectivity index (χ0) is 15.4. The van der Waals surface area contributed by atoms with Gasteiger partial charge in [0.05, 0.1) is 10.6 Å². The normalized spacial score (nSPS) is 10.1. The SMILES string of the molecule is Cc1c(C=O)nnn1CC(=O)Nc1ccc([N+](=O)[O-])cc1. The van der Waals surface area contributed by atoms with E-state index in [2.05, 4.69) is 15.6 Å². The maximum absolute atomic E-state index is 11.8. The van der Waals surface area contributed by atoms with E-state index >= 15 is 0 Å². The number of carbonyl (C=O) groups is 2. The van der Waals surface area contributed by atoms with Gasteiger partial charge in [0.25, 0.3) is 5.69 Å². The van der Waals surface area contributed by atoms with Crippen molar-refractivity contribution in [2.45, 2.75) is 13.5 Å². The van der Waals surface area contributed by atoms with Gasteiger partial charge in [0.2, 0.25) is 5.91 Å². The summed E-state index contributed by atoms with van der Waals surface area (Å²) in [7, 11) is 0. The number of nitro benzene ring substituents is 1. The van der Waals surface area contributed by atoms with Gasteiger partial charge in [-0.1, -0.05) is 5.21 Å². The van der Waals surface area contributed by atoms with Crippen LogP contribution in [-0.4, -0.2) is 32.1 Å². The maximum Gasteiger partial charge on any atom is 0.269 e. The van der Waals surface area contributed by atoms with Crippen molar-refractivity contribution >= 4 is 23.6 Å². The molecular weight excluding hydrogens is 278 g/mol. The van der Waals surface area contributed by atoms with E-state index in [4.69, 9.17) is 0 Å². The molecule has 1 heterocycles. The summed E-state index contributed by atoms with van der Waals surface area (Å²) in [5, 5.41) is 20.4. The Morgan fingerprint density at radius 2 is 2.10 bits per heavy atom. The summed E-state index contributed by atoms with van der Waals surface area (Å²) in [6, 6.07) is 5.45. The number of aromatic nitrogens is 3. The second-order valence-electron chi connectivity index (χ2n) is 4.19. The van der Waals surface area contributed by atoms with Crippen molar-refractivity contribution in [1.29, 1.82) is 0 Å². The molecule has 0 saturated carbocycles. The summed E-state index contributed by atoms with van der Waals surface area (Å²) in [5.74, 6) is -0.380. The highest BCUT2D eigenvalue weighted by molar-refractivity contribution is 5.90. The van der Waals surface area contributed by atoms with Crippen LogP contribution in [-0.2, 0) is 11.3 Å². The first-order chi connectivity index (χ1) is 10.0. The van der Waals surface area contributed by atoms with Gasteiger partial charge in [-0.3, -0.25) is 19.7 Å². The number of aldehydes is 1. The molecule has 108 valence electrons. The largest absolute Gasteiger partial charge is 0.324 e. The molecular formula is C12H11N5O4. The van der Waals surface area contributed by atoms with E-state index in [0.717, 1.165) is 0 Å². The number of nitrogens with zero attached hydrogens (tertiary/aromatic N) is 4. The molecule has 0 fully saturated rings. The molecule has 0 aliphatic heterocycles. The van der Waals surface area contributed by atoms with E-state index in [0.29, 0.717) is 17.7 Å². The zero-order valence-corrected chi connectivity index (χ0v) is 11.0. The molecule has 0 aliphatic rings. The van der Waals surface area contributed by atoms with Crippen molar-refractivity contribution in [2.24, 2.45) is 0 Å². The third-order valence-corrected chi connectivity index (χ3v) is 2.79. The maximum atomic E-state index is 11.8. The van der Waals surface area contributed by atoms with Gasteiger partial charge in [-0.2, -0.15) is 0 Å². The van der Waals surface area contributed by atoms with Crippen molar-refractivity contribution in [3.63, 3.8) is 0 Å². The van der Waals surface area contributed by atoms with Crippen LogP contribution in [0.1, 0.15) is 16.2 Å². The molecule has 1 aromatic carbocycles. The monoisotopic (exact) mass is 289 g/mol. The summed E-state index contributed by atoms with van der Waals surface area (Å²) in [6.45, 7) is 1.52. The van der Waals surface area contributed by atoms with Crippen molar-refractivity contribution in [3.05, 3.63) is 45.8 Å². The third kappa shape index (κ3) is 3.26. The molecule has 21 heavy (non-hydrogen) atoms. The Bertz CT molecular complexity index is 692. The first-order valence-corrected chi connectivity index (χ1v) is 5.91. The smallest absolute Gasteiger partial charge is 0.269 e. The Hall–Kier alpha value is -3.10. The Labute approximate surface area is 118 Å². The van der Waals surface area contributed by atoms with Crippen molar-refractivity contribution < 1.29 is 14.5 Å². The lowest BCUT2D eigenvalue weighted by molar-refractivity contribution is -0.384. The van der Waals surface area contributed by atoms with Gasteiger partial charge >= 0.3 is 0 Å². The van der Waals surface area contributed by atoms with Gasteiger partial charge in [-0.05, 0) is 19.1 Å². The van der Waals surface area contributed by atoms with E-state index in [-0.39, 0.29) is 23.8 Å². The number of nitro groups is 1. The summed E-state index contributed by atoms with van der Waals surface area (Å²) < 4.78 is 1.30. The molecule has 0 aliphatic carbocycles. The molecule has 2 aromatic rings. The molecule has 0 radical (unpaired) electrons. The van der Waals surface area contributed by atoms with Crippen LogP contribution in [0.4, 0.5) is 11.4 Å². The molecule has 0 spiro atoms. The molecule has 9 nitrogen and oxygen atoms in total. The van der Waals surface area contributed by atoms with Gasteiger partial charge < -0.3 is 5.32 Å². The summed E-state index contributed by atoms with van der Waals surface area (Å²) in [4.78, 5) is 32.5. The van der Waals surface area contributed by atoms with Crippen molar-refractivity contribution in [1.82, 2.24) is 15.0 Å². The average molecular weight is 289 g/mol. The number of nitrogens with one attached hydrogen (secondary N) is 1. The molecule has 2 rings (SSSR count). The van der Waals surface area contributed by atoms with Crippen molar-refractivity contribution in [3.8, 4) is 0 Å². The van der Waals surface area contributed by atoms with Gasteiger partial charge in [-0.25, -0.2) is 4.68 Å². The second kappa shape index (κ2) is 5.90. The van der Waals surface area contributed by atoms with E-state index in [1.165, 1.54) is 28.9 Å². The molecule has 0 bridgehead atoms. The standard InChI is InChI=1S/C12H11N5O4/c1-8-11(7-18)14-15-16(8)6-12(19)13-9-2-4-10(5-3-9)17(20)21/h2-5,7H,6H2,1H3,(H,13,19). The highest BCUT2D eigenvalue weighted by atomic mass is 16.6. The van der Waals surface area contributed by atoms with E-state index in [9.17, 15) is 19.7 Å². The minimum atomic E-state index is -0.522. The van der Waals surface area contributed by atoms with E-state index < -0.39 is 4.92 Å². The topological polar surface area (TPSA) is 120 Å². The number of amides is 1. The third-order valence-electron chi connectivity index (χ3n) is 2.79. The molecule has 1 N–H and O–H groups in total. The van der Waals surface area contributed by atoms with Crippen LogP contribution in [0.5, 0.6) is 0 Å². The highest BCUT2D eigenvalue weighted by Gasteiger charge is 2.11. The molecule has 1 aromatic heterocycles. The Kier molecular flexibility index (Phi) is 4.02. The molecule has 0 unspecified atom stereocenters. The lowest BCUT2D eigenvalue weighted by atomic mass is 10.3. The first kappa shape index (κ1) is 14.3. The van der Waals surface area contributed by atoms with Crippen LogP contribution in [0, 0.1) is 17.0 Å². The van der Waals surface area contributed by atoms with Gasteiger partial charge in [0.15, 0.2) is 6.29 Å². The lowest BCUT2D eigenvalue weighted by Crippen LogP contribution is -2.20. The fourth-order valence-electron chi connectivity index (χ4n) is 1.64. The Morgan fingerprint density at radius 3 is 2.62 bits per heavy atom. The summed E-state index contributed by atoms with van der Waals surface area (Å²) >= 11 is 0. The summed E-state index contributed by atoms with van der Waals surface area (Å²) in [6.07, 6.45) is 0.563. The minimum Gasteiger partial charge on any atom is -0.324 e. The number of rotatable bonds is 5. The van der Waals surface area contributed by atoms with Crippen LogP contribution in [0.25, 0.3) is 0 Å². The van der Waals surface area contributed by atoms with Gasteiger partial charge in [0, 0.05) is 17.8 Å². The fraction of sp³-hybridized carbons (Fsp3) is 0.167. The van der Waals surface area contributed by atoms with Crippen LogP contribution >= 0.6 is 0 Å². The number of anilines is 1. The predicted molar refractivity (Wildman–Crippen MR) is 71.9 cm³/mol. The summed E-state index contributed by atoms with van der Waals surface area (Å²) in [5.41, 5.74) is 1.04. The van der Waals surface area contributed by atoms with Crippen LogP contribution in [0.2, 0.25) is 0 Å². The quantitative estimate of drug-likeness (QED) is 0.497. The predicted octanol–water partition coefficient (Wildman–Crippen LogP) is 0.946. The number of non-ortho nitro benzene ring substituents is 1. The van der Waals surface area contributed by atoms with E-state index in [1.807, 2.05) is 0 Å². The Balaban J connectivity index is 2.02. The van der Waals surface area contributed by atoms with Crippen LogP contribution in [0.15, 0.2) is 24.3 Å². The second-order valence-corrected chi connectivity index (χ2v) is 4.19. The molecule has 0 atom stereocenters. The first-order valence-electron chi connectivity index (χ1n) is 5.91. The van der Waals surface area contributed by atoms with Gasteiger partial charge in [-0.15, -0.1) is 5.10 Å². The average Bonchev–Trinajstić information content (AvgIpc) is 2.80. The Morgan fingerprint density at radius 1 is 1.43 bits per heavy atom. The molecule has 1 amide bonds. The highest BCUT2D eigenvalue weighted by Crippen LogP contribution is 2.15. The minimum absolute atomic E-state index is 0.0595. The van der Waals surface area contributed by atoms with Gasteiger partial charge in [0.1, 0.15) is 12.2 Å². The number of hydrogen-bond donors (Lipinski definition) is 1.